The number of nitrogens with zero attached hydrogens (tertiary/aromatic N) is 2. The van der Waals surface area contributed by atoms with Crippen molar-refractivity contribution in [3.8, 4) is 0 Å². The summed E-state index contributed by atoms with van der Waals surface area (Å²) in [5, 5.41) is 18.7. The first-order valence-electron chi connectivity index (χ1n) is 10.9. The van der Waals surface area contributed by atoms with Crippen LogP contribution in [0.3, 0.4) is 0 Å². The number of hydrogen-bond acceptors (Lipinski definition) is 4. The highest BCUT2D eigenvalue weighted by atomic mass is 16.2. The van der Waals surface area contributed by atoms with Crippen LogP contribution in [0.4, 0.5) is 5.69 Å². The van der Waals surface area contributed by atoms with Gasteiger partial charge in [-0.25, -0.2) is 0 Å². The molecule has 3 aromatic rings. The Morgan fingerprint density at radius 1 is 0.938 bits per heavy atom. The third kappa shape index (κ3) is 4.72. The van der Waals surface area contributed by atoms with Crippen molar-refractivity contribution in [2.24, 2.45) is 5.10 Å². The van der Waals surface area contributed by atoms with Gasteiger partial charge in [0.05, 0.1) is 23.6 Å². The second-order valence-corrected chi connectivity index (χ2v) is 7.68. The van der Waals surface area contributed by atoms with Crippen molar-refractivity contribution in [1.29, 1.82) is 0 Å². The first kappa shape index (κ1) is 21.4. The Labute approximate surface area is 188 Å². The molecule has 1 aliphatic heterocycles. The van der Waals surface area contributed by atoms with Crippen LogP contribution in [0.2, 0.25) is 0 Å². The topological polar surface area (TPSA) is 64.9 Å². The zero-order chi connectivity index (χ0) is 22.2. The quantitative estimate of drug-likeness (QED) is 0.393. The zero-order valence-electron chi connectivity index (χ0n) is 17.8. The van der Waals surface area contributed by atoms with Gasteiger partial charge in [-0.1, -0.05) is 84.9 Å². The monoisotopic (exact) mass is 425 g/mol. The van der Waals surface area contributed by atoms with Crippen molar-refractivity contribution in [3.63, 3.8) is 0 Å². The summed E-state index contributed by atoms with van der Waals surface area (Å²) in [5.41, 5.74) is 3.81. The molecule has 2 atom stereocenters. The van der Waals surface area contributed by atoms with E-state index in [-0.39, 0.29) is 11.8 Å². The third-order valence-electron chi connectivity index (χ3n) is 5.56. The van der Waals surface area contributed by atoms with Crippen LogP contribution in [0.25, 0.3) is 0 Å². The molecule has 32 heavy (non-hydrogen) atoms. The predicted octanol–water partition coefficient (Wildman–Crippen LogP) is 5.03. The van der Waals surface area contributed by atoms with Gasteiger partial charge in [0.1, 0.15) is 6.04 Å². The van der Waals surface area contributed by atoms with Crippen LogP contribution in [-0.4, -0.2) is 29.3 Å². The van der Waals surface area contributed by atoms with Crippen molar-refractivity contribution in [2.75, 3.05) is 11.6 Å². The van der Waals surface area contributed by atoms with Gasteiger partial charge in [-0.3, -0.25) is 9.80 Å². The van der Waals surface area contributed by atoms with Crippen molar-refractivity contribution < 1.29 is 9.90 Å². The lowest BCUT2D eigenvalue weighted by atomic mass is 9.84. The van der Waals surface area contributed by atoms with Crippen LogP contribution in [-0.2, 0) is 4.79 Å². The number of nitrogens with one attached hydrogen (secondary N) is 1. The Kier molecular flexibility index (Phi) is 6.98. The van der Waals surface area contributed by atoms with E-state index in [9.17, 15) is 4.79 Å². The number of para-hydroxylation sites is 1. The molecule has 0 bridgehead atoms. The van der Waals surface area contributed by atoms with Crippen molar-refractivity contribution in [1.82, 2.24) is 5.32 Å². The van der Waals surface area contributed by atoms with E-state index in [1.165, 1.54) is 0 Å². The molecule has 162 valence electrons. The molecule has 2 unspecified atom stereocenters. The third-order valence-corrected chi connectivity index (χ3v) is 5.56. The van der Waals surface area contributed by atoms with E-state index >= 15 is 0 Å². The van der Waals surface area contributed by atoms with Gasteiger partial charge in [-0.15, -0.1) is 0 Å². The van der Waals surface area contributed by atoms with E-state index in [1.807, 2.05) is 83.9 Å². The number of amides is 1. The Balaban J connectivity index is 1.73. The zero-order valence-corrected chi connectivity index (χ0v) is 17.8. The number of hydrazone groups is 1. The van der Waals surface area contributed by atoms with Gasteiger partial charge in [0.25, 0.3) is 0 Å². The molecule has 0 aliphatic carbocycles. The average molecular weight is 426 g/mol. The number of aliphatic hydroxyl groups excluding tert-OH is 1. The molecule has 0 spiro atoms. The highest BCUT2D eigenvalue weighted by molar-refractivity contribution is 6.11. The fraction of sp³-hybridized carbons (Fsp3) is 0.185. The summed E-state index contributed by atoms with van der Waals surface area (Å²) >= 11 is 0. The Bertz CT molecular complexity index is 1070. The number of allylic oxidation sites excluding steroid dienone is 1. The number of hydrogen-bond donors (Lipinski definition) is 2. The van der Waals surface area contributed by atoms with Crippen LogP contribution < -0.4 is 10.3 Å². The largest absolute Gasteiger partial charge is 0.516 e. The van der Waals surface area contributed by atoms with Gasteiger partial charge >= 0.3 is 0 Å². The molecule has 2 N–H and O–H groups in total. The summed E-state index contributed by atoms with van der Waals surface area (Å²) in [6.07, 6.45) is 4.18. The minimum atomic E-state index is -0.511. The maximum absolute atomic E-state index is 13.5. The number of anilines is 1. The molecule has 0 aromatic heterocycles. The van der Waals surface area contributed by atoms with Crippen LogP contribution in [0.1, 0.15) is 29.9 Å². The molecular formula is C27H27N3O2. The van der Waals surface area contributed by atoms with Gasteiger partial charge in [-0.05, 0) is 36.1 Å². The maximum atomic E-state index is 13.5. The highest BCUT2D eigenvalue weighted by Crippen LogP contribution is 2.37. The average Bonchev–Trinajstić information content (AvgIpc) is 3.26. The number of unbranched alkanes of at least 4 members (excludes halogenated alkanes) is 1. The summed E-state index contributed by atoms with van der Waals surface area (Å²) < 4.78 is 0. The normalized spacial score (nSPS) is 18.0. The fourth-order valence-electron chi connectivity index (χ4n) is 4.05. The van der Waals surface area contributed by atoms with E-state index in [0.29, 0.717) is 13.0 Å². The smallest absolute Gasteiger partial charge is 0.245 e. The number of carbonyl (C=O) groups is 1. The molecule has 5 heteroatoms. The minimum absolute atomic E-state index is 0.0645. The van der Waals surface area contributed by atoms with Crippen LogP contribution in [0.15, 0.2) is 108 Å². The Morgan fingerprint density at radius 3 is 2.22 bits per heavy atom. The van der Waals surface area contributed by atoms with Gasteiger partial charge in [-0.2, -0.15) is 5.10 Å². The molecule has 1 aliphatic rings. The fourth-order valence-corrected chi connectivity index (χ4v) is 4.05. The number of aliphatic hydroxyl groups is 1. The summed E-state index contributed by atoms with van der Waals surface area (Å²) in [4.78, 5) is 13.5. The van der Waals surface area contributed by atoms with E-state index in [1.54, 1.807) is 6.08 Å². The lowest BCUT2D eigenvalue weighted by molar-refractivity contribution is -0.122. The summed E-state index contributed by atoms with van der Waals surface area (Å²) in [5.74, 6) is -0.276. The second-order valence-electron chi connectivity index (χ2n) is 7.68. The minimum Gasteiger partial charge on any atom is -0.516 e. The molecule has 0 saturated carbocycles. The Morgan fingerprint density at radius 2 is 1.56 bits per heavy atom. The van der Waals surface area contributed by atoms with E-state index in [2.05, 4.69) is 17.4 Å². The molecule has 5 nitrogen and oxygen atoms in total. The first-order chi connectivity index (χ1) is 15.8. The SMILES string of the molecule is O=C(NCCC/C=C/O)C1C(c2ccccc2)C(c2ccccc2)=NN1c1ccccc1. The van der Waals surface area contributed by atoms with Crippen molar-refractivity contribution in [3.05, 3.63) is 114 Å². The summed E-state index contributed by atoms with van der Waals surface area (Å²) in [6, 6.07) is 29.5. The summed E-state index contributed by atoms with van der Waals surface area (Å²) in [7, 11) is 0. The van der Waals surface area contributed by atoms with Crippen LogP contribution >= 0.6 is 0 Å². The Hall–Kier alpha value is -3.86. The predicted molar refractivity (Wildman–Crippen MR) is 129 cm³/mol. The van der Waals surface area contributed by atoms with Crippen LogP contribution in [0.5, 0.6) is 0 Å². The first-order valence-corrected chi connectivity index (χ1v) is 10.9. The molecule has 1 heterocycles. The van der Waals surface area contributed by atoms with E-state index in [0.717, 1.165) is 35.2 Å². The summed E-state index contributed by atoms with van der Waals surface area (Å²) in [6.45, 7) is 0.532. The van der Waals surface area contributed by atoms with E-state index in [4.69, 9.17) is 10.2 Å². The molecule has 4 rings (SSSR count). The lowest BCUT2D eigenvalue weighted by Crippen LogP contribution is -2.46. The number of rotatable bonds is 8. The van der Waals surface area contributed by atoms with Gasteiger partial charge in [0.15, 0.2) is 0 Å². The van der Waals surface area contributed by atoms with Crippen molar-refractivity contribution >= 4 is 17.3 Å². The van der Waals surface area contributed by atoms with Gasteiger partial charge in [0.2, 0.25) is 5.91 Å². The molecule has 1 amide bonds. The van der Waals surface area contributed by atoms with E-state index < -0.39 is 6.04 Å². The number of benzene rings is 3. The molecule has 0 radical (unpaired) electrons. The van der Waals surface area contributed by atoms with Gasteiger partial charge in [0, 0.05) is 6.54 Å². The van der Waals surface area contributed by atoms with Gasteiger partial charge < -0.3 is 10.4 Å². The molecule has 0 saturated heterocycles. The van der Waals surface area contributed by atoms with Crippen molar-refractivity contribution in [2.45, 2.75) is 24.8 Å². The molecular weight excluding hydrogens is 398 g/mol. The molecule has 0 fully saturated rings. The standard InChI is InChI=1S/C27H27N3O2/c31-20-12-4-11-19-28-27(32)26-24(21-13-5-1-6-14-21)25(22-15-7-2-8-16-22)29-30(26)23-17-9-3-10-18-23/h1-3,5-10,12-18,20,24,26,31H,4,11,19H2,(H,28,32)/b20-12+. The lowest BCUT2D eigenvalue weighted by Gasteiger charge is -2.27. The second kappa shape index (κ2) is 10.4. The van der Waals surface area contributed by atoms with Crippen LogP contribution in [0, 0.1) is 0 Å². The number of carbonyl (C=O) groups excluding carboxylic acids is 1. The maximum Gasteiger partial charge on any atom is 0.245 e. The molecule has 3 aromatic carbocycles. The highest BCUT2D eigenvalue weighted by Gasteiger charge is 2.43.